The Morgan fingerprint density at radius 3 is 2.30 bits per heavy atom. The minimum absolute atomic E-state index is 0.383. The lowest BCUT2D eigenvalue weighted by atomic mass is 9.83. The van der Waals surface area contributed by atoms with Gasteiger partial charge >= 0.3 is 0 Å². The number of nitrogens with one attached hydrogen (secondary N) is 1. The molecular formula is C18H38N2. The van der Waals surface area contributed by atoms with Gasteiger partial charge in [0.25, 0.3) is 0 Å². The summed E-state index contributed by atoms with van der Waals surface area (Å²) in [6.45, 7) is 15.5. The Balaban J connectivity index is 2.45. The highest BCUT2D eigenvalue weighted by molar-refractivity contribution is 4.92. The van der Waals surface area contributed by atoms with Crippen LogP contribution < -0.4 is 5.32 Å². The van der Waals surface area contributed by atoms with Crippen LogP contribution in [-0.2, 0) is 0 Å². The largest absolute Gasteiger partial charge is 0.311 e. The molecule has 2 nitrogen and oxygen atoms in total. The zero-order valence-electron chi connectivity index (χ0n) is 14.7. The number of nitrogens with zero attached hydrogens (tertiary/aromatic N) is 1. The Kier molecular flexibility index (Phi) is 8.13. The first-order chi connectivity index (χ1) is 9.49. The second-order valence-electron chi connectivity index (χ2n) is 7.68. The van der Waals surface area contributed by atoms with E-state index in [4.69, 9.17) is 0 Å². The van der Waals surface area contributed by atoms with Gasteiger partial charge in [0.05, 0.1) is 0 Å². The van der Waals surface area contributed by atoms with E-state index < -0.39 is 0 Å². The van der Waals surface area contributed by atoms with Crippen LogP contribution in [0, 0.1) is 5.41 Å². The molecule has 0 aromatic carbocycles. The summed E-state index contributed by atoms with van der Waals surface area (Å²) < 4.78 is 0. The smallest absolute Gasteiger partial charge is 0.0269 e. The molecule has 20 heavy (non-hydrogen) atoms. The maximum atomic E-state index is 3.78. The molecule has 0 aromatic rings. The summed E-state index contributed by atoms with van der Waals surface area (Å²) in [6.07, 6.45) is 9.57. The van der Waals surface area contributed by atoms with Crippen molar-refractivity contribution in [2.24, 2.45) is 5.41 Å². The van der Waals surface area contributed by atoms with Crippen LogP contribution in [0.25, 0.3) is 0 Å². The molecule has 0 amide bonds. The van der Waals surface area contributed by atoms with Crippen LogP contribution in [0.5, 0.6) is 0 Å². The summed E-state index contributed by atoms with van der Waals surface area (Å²) in [5.41, 5.74) is 0.383. The fourth-order valence-electron chi connectivity index (χ4n) is 3.44. The maximum absolute atomic E-state index is 3.78. The number of hydrogen-bond donors (Lipinski definition) is 1. The van der Waals surface area contributed by atoms with E-state index in [-0.39, 0.29) is 0 Å². The van der Waals surface area contributed by atoms with E-state index >= 15 is 0 Å². The predicted molar refractivity (Wildman–Crippen MR) is 90.3 cm³/mol. The van der Waals surface area contributed by atoms with E-state index in [1.807, 2.05) is 0 Å². The molecule has 0 spiro atoms. The molecule has 0 aromatic heterocycles. The summed E-state index contributed by atoms with van der Waals surface area (Å²) in [5, 5.41) is 3.78. The van der Waals surface area contributed by atoms with Crippen LogP contribution in [0.15, 0.2) is 0 Å². The molecule has 0 saturated carbocycles. The van der Waals surface area contributed by atoms with E-state index in [0.29, 0.717) is 17.5 Å². The fourth-order valence-corrected chi connectivity index (χ4v) is 3.44. The third-order valence-electron chi connectivity index (χ3n) is 4.68. The van der Waals surface area contributed by atoms with Crippen molar-refractivity contribution >= 4 is 0 Å². The Hall–Kier alpha value is -0.0800. The summed E-state index contributed by atoms with van der Waals surface area (Å²) >= 11 is 0. The van der Waals surface area contributed by atoms with Crippen LogP contribution in [0.4, 0.5) is 0 Å². The normalized spacial score (nSPS) is 25.1. The van der Waals surface area contributed by atoms with Crippen LogP contribution in [-0.4, -0.2) is 36.6 Å². The van der Waals surface area contributed by atoms with Gasteiger partial charge < -0.3 is 5.32 Å². The minimum Gasteiger partial charge on any atom is -0.311 e. The Labute approximate surface area is 127 Å². The highest BCUT2D eigenvalue weighted by Crippen LogP contribution is 2.27. The third-order valence-corrected chi connectivity index (χ3v) is 4.68. The predicted octanol–water partition coefficient (Wildman–Crippen LogP) is 4.45. The van der Waals surface area contributed by atoms with Crippen LogP contribution in [0.2, 0.25) is 0 Å². The number of unbranched alkanes of at least 4 members (excludes halogenated alkanes) is 4. The van der Waals surface area contributed by atoms with Crippen molar-refractivity contribution in [3.63, 3.8) is 0 Å². The first kappa shape index (κ1) is 18.0. The molecule has 0 bridgehead atoms. The molecule has 1 heterocycles. The van der Waals surface area contributed by atoms with Crippen LogP contribution >= 0.6 is 0 Å². The van der Waals surface area contributed by atoms with Gasteiger partial charge in [0.15, 0.2) is 0 Å². The highest BCUT2D eigenvalue weighted by atomic mass is 15.2. The van der Waals surface area contributed by atoms with E-state index in [9.17, 15) is 0 Å². The quantitative estimate of drug-likeness (QED) is 0.662. The van der Waals surface area contributed by atoms with Crippen molar-refractivity contribution in [2.75, 3.05) is 19.6 Å². The molecule has 120 valence electrons. The van der Waals surface area contributed by atoms with Crippen molar-refractivity contribution in [3.05, 3.63) is 0 Å². The fraction of sp³-hybridized carbons (Fsp3) is 1.00. The molecule has 1 rings (SSSR count). The van der Waals surface area contributed by atoms with Gasteiger partial charge in [0, 0.05) is 25.2 Å². The van der Waals surface area contributed by atoms with Gasteiger partial charge in [-0.1, -0.05) is 66.7 Å². The van der Waals surface area contributed by atoms with Gasteiger partial charge in [-0.2, -0.15) is 0 Å². The molecule has 0 aliphatic carbocycles. The minimum atomic E-state index is 0.383. The monoisotopic (exact) mass is 282 g/mol. The van der Waals surface area contributed by atoms with Crippen molar-refractivity contribution < 1.29 is 0 Å². The molecule has 0 radical (unpaired) electrons. The summed E-state index contributed by atoms with van der Waals surface area (Å²) in [5.74, 6) is 0. The van der Waals surface area contributed by atoms with Crippen molar-refractivity contribution in [1.29, 1.82) is 0 Å². The number of piperazine rings is 1. The summed E-state index contributed by atoms with van der Waals surface area (Å²) in [6, 6.07) is 1.41. The molecule has 2 heteroatoms. The number of rotatable bonds is 8. The first-order valence-electron chi connectivity index (χ1n) is 8.96. The average molecular weight is 283 g/mol. The highest BCUT2D eigenvalue weighted by Gasteiger charge is 2.34. The average Bonchev–Trinajstić information content (AvgIpc) is 2.38. The second kappa shape index (κ2) is 9.04. The van der Waals surface area contributed by atoms with Crippen molar-refractivity contribution in [3.8, 4) is 0 Å². The van der Waals surface area contributed by atoms with Gasteiger partial charge in [-0.15, -0.1) is 0 Å². The van der Waals surface area contributed by atoms with Crippen molar-refractivity contribution in [2.45, 2.75) is 91.6 Å². The second-order valence-corrected chi connectivity index (χ2v) is 7.68. The lowest BCUT2D eigenvalue weighted by molar-refractivity contribution is 0.0524. The topological polar surface area (TPSA) is 15.3 Å². The molecule has 1 N–H and O–H groups in total. The first-order valence-corrected chi connectivity index (χ1v) is 8.96. The van der Waals surface area contributed by atoms with Gasteiger partial charge in [-0.05, 0) is 24.8 Å². The zero-order chi connectivity index (χ0) is 15.0. The van der Waals surface area contributed by atoms with Gasteiger partial charge in [-0.25, -0.2) is 0 Å². The van der Waals surface area contributed by atoms with E-state index in [1.165, 1.54) is 64.6 Å². The maximum Gasteiger partial charge on any atom is 0.0269 e. The third kappa shape index (κ3) is 6.13. The number of hydrogen-bond acceptors (Lipinski definition) is 2. The Bertz CT molecular complexity index is 244. The molecule has 2 atom stereocenters. The Morgan fingerprint density at radius 1 is 1.00 bits per heavy atom. The molecule has 1 aliphatic rings. The van der Waals surface area contributed by atoms with E-state index in [0.717, 1.165) is 0 Å². The van der Waals surface area contributed by atoms with Crippen LogP contribution in [0.3, 0.4) is 0 Å². The van der Waals surface area contributed by atoms with Crippen LogP contribution in [0.1, 0.15) is 79.6 Å². The molecular weight excluding hydrogens is 244 g/mol. The van der Waals surface area contributed by atoms with Gasteiger partial charge in [-0.3, -0.25) is 4.90 Å². The standard InChI is InChI=1S/C18H38N2/c1-6-8-9-10-11-13-20-15-16(12-7-2)19-14-17(20)18(3,4)5/h16-17,19H,6-15H2,1-5H3. The van der Waals surface area contributed by atoms with E-state index in [2.05, 4.69) is 44.8 Å². The van der Waals surface area contributed by atoms with Gasteiger partial charge in [0.1, 0.15) is 0 Å². The lowest BCUT2D eigenvalue weighted by Crippen LogP contribution is -2.60. The van der Waals surface area contributed by atoms with Crippen molar-refractivity contribution in [1.82, 2.24) is 10.2 Å². The molecule has 1 saturated heterocycles. The van der Waals surface area contributed by atoms with E-state index in [1.54, 1.807) is 0 Å². The zero-order valence-corrected chi connectivity index (χ0v) is 14.7. The summed E-state index contributed by atoms with van der Waals surface area (Å²) in [7, 11) is 0. The molecule has 1 aliphatic heterocycles. The SMILES string of the molecule is CCCCCCCN1CC(CCC)NCC1C(C)(C)C. The lowest BCUT2D eigenvalue weighted by Gasteiger charge is -2.46. The molecule has 1 fully saturated rings. The molecule has 2 unspecified atom stereocenters. The Morgan fingerprint density at radius 2 is 1.70 bits per heavy atom. The van der Waals surface area contributed by atoms with Gasteiger partial charge in [0.2, 0.25) is 0 Å². The summed E-state index contributed by atoms with van der Waals surface area (Å²) in [4.78, 5) is 2.78.